The minimum absolute atomic E-state index is 0.539. The van der Waals surface area contributed by atoms with Crippen molar-refractivity contribution in [1.29, 1.82) is 0 Å². The van der Waals surface area contributed by atoms with Gasteiger partial charge in [-0.25, -0.2) is 15.0 Å². The molecule has 0 N–H and O–H groups in total. The summed E-state index contributed by atoms with van der Waals surface area (Å²) < 4.78 is 12.8. The molecule has 4 heterocycles. The molecule has 4 aromatic heterocycles. The molecule has 0 radical (unpaired) electrons. The van der Waals surface area contributed by atoms with Crippen molar-refractivity contribution in [3.8, 4) is 56.5 Å². The molecule has 6 nitrogen and oxygen atoms in total. The third kappa shape index (κ3) is 4.65. The van der Waals surface area contributed by atoms with Crippen LogP contribution < -0.4 is 0 Å². The van der Waals surface area contributed by atoms with Crippen LogP contribution in [0.25, 0.3) is 100 Å². The number of pyridine rings is 1. The Bertz CT molecular complexity index is 2860. The Morgan fingerprint density at radius 2 is 1.04 bits per heavy atom. The van der Waals surface area contributed by atoms with E-state index in [4.69, 9.17) is 23.8 Å². The van der Waals surface area contributed by atoms with Gasteiger partial charge in [-0.2, -0.15) is 0 Å². The van der Waals surface area contributed by atoms with Gasteiger partial charge in [0.2, 0.25) is 0 Å². The predicted octanol–water partition coefficient (Wildman–Crippen LogP) is 11.4. The van der Waals surface area contributed by atoms with Crippen molar-refractivity contribution in [2.24, 2.45) is 0 Å². The first-order valence-electron chi connectivity index (χ1n) is 16.5. The topological polar surface area (TPSA) is 77.8 Å². The first-order chi connectivity index (χ1) is 24.8. The Morgan fingerprint density at radius 3 is 1.90 bits per heavy atom. The van der Waals surface area contributed by atoms with Crippen LogP contribution >= 0.6 is 0 Å². The lowest BCUT2D eigenvalue weighted by molar-refractivity contribution is 0.668. The standard InChI is InChI=1S/C44H26N4O2/c1-2-10-29(11-3-1)42-46-43(48-44(47-42)34-15-8-13-32-31-12-4-5-17-37(31)50-41(32)34)33-14-9-18-39-40(33)35-26-30(23-24-38(35)49-39)27-19-21-28(22-20-27)36-16-6-7-25-45-36/h1-26H. The zero-order chi connectivity index (χ0) is 33.0. The Labute approximate surface area is 286 Å². The summed E-state index contributed by atoms with van der Waals surface area (Å²) in [6.07, 6.45) is 1.82. The minimum Gasteiger partial charge on any atom is -0.456 e. The van der Waals surface area contributed by atoms with Gasteiger partial charge in [-0.3, -0.25) is 4.98 Å². The highest BCUT2D eigenvalue weighted by atomic mass is 16.3. The first kappa shape index (κ1) is 28.1. The second-order valence-electron chi connectivity index (χ2n) is 12.2. The van der Waals surface area contributed by atoms with Gasteiger partial charge in [-0.15, -0.1) is 0 Å². The fourth-order valence-electron chi connectivity index (χ4n) is 6.82. The SMILES string of the molecule is c1ccc(-c2nc(-c3cccc4c3oc3ccccc34)nc(-c3cccc4oc5ccc(-c6ccc(-c7ccccn7)cc6)cc5c34)n2)cc1. The van der Waals surface area contributed by atoms with Gasteiger partial charge in [0.1, 0.15) is 22.3 Å². The molecule has 6 aromatic carbocycles. The van der Waals surface area contributed by atoms with Crippen molar-refractivity contribution >= 4 is 43.9 Å². The maximum Gasteiger partial charge on any atom is 0.167 e. The first-order valence-corrected chi connectivity index (χ1v) is 16.5. The molecule has 0 aliphatic heterocycles. The molecule has 50 heavy (non-hydrogen) atoms. The Hall–Kier alpha value is -6.92. The van der Waals surface area contributed by atoms with Crippen LogP contribution in [0.2, 0.25) is 0 Å². The van der Waals surface area contributed by atoms with E-state index in [1.165, 1.54) is 0 Å². The van der Waals surface area contributed by atoms with Crippen molar-refractivity contribution in [3.05, 3.63) is 158 Å². The van der Waals surface area contributed by atoms with Gasteiger partial charge >= 0.3 is 0 Å². The summed E-state index contributed by atoms with van der Waals surface area (Å²) in [4.78, 5) is 19.7. The summed E-state index contributed by atoms with van der Waals surface area (Å²) in [5, 5.41) is 4.01. The number of hydrogen-bond donors (Lipinski definition) is 0. The van der Waals surface area contributed by atoms with Crippen LogP contribution in [0.3, 0.4) is 0 Å². The second kappa shape index (κ2) is 11.4. The molecule has 234 valence electrons. The number of para-hydroxylation sites is 2. The van der Waals surface area contributed by atoms with Crippen LogP contribution in [-0.4, -0.2) is 19.9 Å². The van der Waals surface area contributed by atoms with Crippen LogP contribution in [0.5, 0.6) is 0 Å². The molecule has 0 saturated heterocycles. The van der Waals surface area contributed by atoms with Crippen molar-refractivity contribution in [2.75, 3.05) is 0 Å². The third-order valence-corrected chi connectivity index (χ3v) is 9.23. The fraction of sp³-hybridized carbons (Fsp3) is 0. The number of nitrogens with zero attached hydrogens (tertiary/aromatic N) is 4. The highest BCUT2D eigenvalue weighted by molar-refractivity contribution is 6.13. The maximum absolute atomic E-state index is 6.41. The van der Waals surface area contributed by atoms with Crippen molar-refractivity contribution in [2.45, 2.75) is 0 Å². The van der Waals surface area contributed by atoms with E-state index < -0.39 is 0 Å². The van der Waals surface area contributed by atoms with E-state index in [0.29, 0.717) is 17.5 Å². The Balaban J connectivity index is 1.16. The molecule has 0 saturated carbocycles. The molecule has 0 atom stereocenters. The molecular weight excluding hydrogens is 617 g/mol. The highest BCUT2D eigenvalue weighted by Gasteiger charge is 2.20. The van der Waals surface area contributed by atoms with E-state index in [1.54, 1.807) is 0 Å². The van der Waals surface area contributed by atoms with Crippen molar-refractivity contribution in [3.63, 3.8) is 0 Å². The summed E-state index contributed by atoms with van der Waals surface area (Å²) in [5.41, 5.74) is 9.91. The number of hydrogen-bond acceptors (Lipinski definition) is 6. The van der Waals surface area contributed by atoms with E-state index in [0.717, 1.165) is 83.0 Å². The summed E-state index contributed by atoms with van der Waals surface area (Å²) >= 11 is 0. The van der Waals surface area contributed by atoms with E-state index in [-0.39, 0.29) is 0 Å². The molecule has 10 rings (SSSR count). The van der Waals surface area contributed by atoms with Gasteiger partial charge in [-0.05, 0) is 53.6 Å². The number of benzene rings is 6. The van der Waals surface area contributed by atoms with Gasteiger partial charge in [-0.1, -0.05) is 109 Å². The highest BCUT2D eigenvalue weighted by Crippen LogP contribution is 2.40. The molecule has 0 aliphatic carbocycles. The van der Waals surface area contributed by atoms with Crippen LogP contribution in [0.4, 0.5) is 0 Å². The lowest BCUT2D eigenvalue weighted by atomic mass is 9.99. The number of furan rings is 2. The van der Waals surface area contributed by atoms with Gasteiger partial charge in [0, 0.05) is 44.4 Å². The van der Waals surface area contributed by atoms with Crippen molar-refractivity contribution in [1.82, 2.24) is 19.9 Å². The summed E-state index contributed by atoms with van der Waals surface area (Å²) in [7, 11) is 0. The predicted molar refractivity (Wildman–Crippen MR) is 199 cm³/mol. The number of rotatable bonds is 5. The molecule has 0 bridgehead atoms. The lowest BCUT2D eigenvalue weighted by Gasteiger charge is -2.10. The van der Waals surface area contributed by atoms with E-state index in [9.17, 15) is 0 Å². The largest absolute Gasteiger partial charge is 0.456 e. The summed E-state index contributed by atoms with van der Waals surface area (Å²) in [5.74, 6) is 1.68. The summed E-state index contributed by atoms with van der Waals surface area (Å²) in [6.45, 7) is 0. The lowest BCUT2D eigenvalue weighted by Crippen LogP contribution is -2.00. The molecule has 0 aliphatic rings. The molecular formula is C44H26N4O2. The zero-order valence-corrected chi connectivity index (χ0v) is 26.6. The molecule has 0 amide bonds. The molecule has 6 heteroatoms. The molecule has 10 aromatic rings. The normalized spacial score (nSPS) is 11.6. The fourth-order valence-corrected chi connectivity index (χ4v) is 6.82. The van der Waals surface area contributed by atoms with Crippen LogP contribution in [0, 0.1) is 0 Å². The molecule has 0 fully saturated rings. The molecule has 0 spiro atoms. The van der Waals surface area contributed by atoms with E-state index in [1.807, 2.05) is 103 Å². The maximum atomic E-state index is 6.41. The number of fused-ring (bicyclic) bond motifs is 6. The van der Waals surface area contributed by atoms with Crippen molar-refractivity contribution < 1.29 is 8.83 Å². The monoisotopic (exact) mass is 642 g/mol. The number of aromatic nitrogens is 4. The van der Waals surface area contributed by atoms with Crippen LogP contribution in [0.15, 0.2) is 167 Å². The van der Waals surface area contributed by atoms with Crippen LogP contribution in [-0.2, 0) is 0 Å². The third-order valence-electron chi connectivity index (χ3n) is 9.23. The second-order valence-corrected chi connectivity index (χ2v) is 12.2. The van der Waals surface area contributed by atoms with E-state index >= 15 is 0 Å². The van der Waals surface area contributed by atoms with E-state index in [2.05, 4.69) is 59.6 Å². The average Bonchev–Trinajstić information content (AvgIpc) is 3.77. The Kier molecular flexibility index (Phi) is 6.39. The zero-order valence-electron chi connectivity index (χ0n) is 26.6. The quantitative estimate of drug-likeness (QED) is 0.186. The minimum atomic E-state index is 0.539. The van der Waals surface area contributed by atoms with Gasteiger partial charge in [0.25, 0.3) is 0 Å². The van der Waals surface area contributed by atoms with Gasteiger partial charge in [0.05, 0.1) is 11.3 Å². The van der Waals surface area contributed by atoms with Gasteiger partial charge in [0.15, 0.2) is 17.5 Å². The Morgan fingerprint density at radius 1 is 0.380 bits per heavy atom. The molecule has 0 unspecified atom stereocenters. The van der Waals surface area contributed by atoms with Crippen LogP contribution in [0.1, 0.15) is 0 Å². The smallest absolute Gasteiger partial charge is 0.167 e. The van der Waals surface area contributed by atoms with Gasteiger partial charge < -0.3 is 8.83 Å². The summed E-state index contributed by atoms with van der Waals surface area (Å²) in [6, 6.07) is 51.0. The average molecular weight is 643 g/mol.